The van der Waals surface area contributed by atoms with Crippen molar-refractivity contribution in [1.29, 1.82) is 0 Å². The summed E-state index contributed by atoms with van der Waals surface area (Å²) in [5.74, 6) is 0.753. The molecule has 0 aliphatic carbocycles. The molecule has 1 saturated heterocycles. The first-order chi connectivity index (χ1) is 13.2. The lowest BCUT2D eigenvalue weighted by Crippen LogP contribution is -2.43. The fraction of sp³-hybridized carbons (Fsp3) is 0.381. The highest BCUT2D eigenvalue weighted by atomic mass is 35.5. The Balaban J connectivity index is 1.71. The smallest absolute Gasteiger partial charge is 0.251 e. The monoisotopic (exact) mass is 388 g/mol. The van der Waals surface area contributed by atoms with Gasteiger partial charge in [-0.25, -0.2) is 0 Å². The Labute approximate surface area is 165 Å². The van der Waals surface area contributed by atoms with Crippen LogP contribution in [0.4, 0.5) is 0 Å². The Hall–Kier alpha value is -2.08. The molecule has 1 N–H and O–H groups in total. The molecule has 2 aromatic rings. The molecule has 3 rings (SSSR count). The zero-order valence-electron chi connectivity index (χ0n) is 15.5. The van der Waals surface area contributed by atoms with Gasteiger partial charge in [-0.2, -0.15) is 0 Å². The molecule has 5 nitrogen and oxygen atoms in total. The third kappa shape index (κ3) is 5.45. The van der Waals surface area contributed by atoms with Crippen LogP contribution in [-0.2, 0) is 4.74 Å². The molecule has 144 valence electrons. The Morgan fingerprint density at radius 1 is 1.15 bits per heavy atom. The van der Waals surface area contributed by atoms with Gasteiger partial charge >= 0.3 is 0 Å². The molecule has 0 aromatic heterocycles. The number of benzene rings is 2. The van der Waals surface area contributed by atoms with Crippen molar-refractivity contribution in [2.24, 2.45) is 0 Å². The summed E-state index contributed by atoms with van der Waals surface area (Å²) in [6, 6.07) is 15.1. The van der Waals surface area contributed by atoms with Crippen LogP contribution in [0.25, 0.3) is 0 Å². The number of ether oxygens (including phenoxy) is 2. The number of nitrogens with one attached hydrogen (secondary N) is 1. The van der Waals surface area contributed by atoms with Crippen molar-refractivity contribution in [2.45, 2.75) is 13.0 Å². The highest BCUT2D eigenvalue weighted by molar-refractivity contribution is 6.30. The minimum Gasteiger partial charge on any atom is -0.494 e. The normalized spacial score (nSPS) is 15.9. The molecular formula is C21H25ClN2O3. The van der Waals surface area contributed by atoms with Gasteiger partial charge in [0, 0.05) is 30.2 Å². The number of nitrogens with zero attached hydrogens (tertiary/aromatic N) is 1. The van der Waals surface area contributed by atoms with Gasteiger partial charge in [-0.05, 0) is 48.9 Å². The van der Waals surface area contributed by atoms with Crippen molar-refractivity contribution in [1.82, 2.24) is 10.2 Å². The van der Waals surface area contributed by atoms with Gasteiger partial charge in [-0.1, -0.05) is 23.7 Å². The lowest BCUT2D eigenvalue weighted by molar-refractivity contribution is 0.0162. The van der Waals surface area contributed by atoms with Gasteiger partial charge in [0.2, 0.25) is 0 Å². The standard InChI is InChI=1S/C21H25ClN2O3/c1-2-27-19-9-5-16(6-10-19)20(24-11-13-26-14-12-24)15-23-21(25)17-3-7-18(22)8-4-17/h3-10,20H,2,11-15H2,1H3,(H,23,25). The van der Waals surface area contributed by atoms with E-state index in [1.165, 1.54) is 0 Å². The van der Waals surface area contributed by atoms with Gasteiger partial charge in [-0.15, -0.1) is 0 Å². The molecule has 1 fully saturated rings. The summed E-state index contributed by atoms with van der Waals surface area (Å²) in [6.45, 7) is 6.23. The Morgan fingerprint density at radius 3 is 2.44 bits per heavy atom. The fourth-order valence-electron chi connectivity index (χ4n) is 3.19. The molecule has 0 radical (unpaired) electrons. The number of hydrogen-bond acceptors (Lipinski definition) is 4. The number of rotatable bonds is 7. The second-order valence-electron chi connectivity index (χ2n) is 6.38. The molecule has 6 heteroatoms. The summed E-state index contributed by atoms with van der Waals surface area (Å²) in [4.78, 5) is 14.8. The van der Waals surface area contributed by atoms with Gasteiger partial charge in [0.05, 0.1) is 25.9 Å². The van der Waals surface area contributed by atoms with Crippen LogP contribution in [0.1, 0.15) is 28.9 Å². The number of halogens is 1. The van der Waals surface area contributed by atoms with Crippen LogP contribution in [0.3, 0.4) is 0 Å². The van der Waals surface area contributed by atoms with E-state index >= 15 is 0 Å². The molecule has 1 aliphatic rings. The number of amides is 1. The van der Waals surface area contributed by atoms with E-state index in [0.29, 0.717) is 37.0 Å². The maximum absolute atomic E-state index is 12.5. The summed E-state index contributed by atoms with van der Waals surface area (Å²) in [6.07, 6.45) is 0. The number of hydrogen-bond donors (Lipinski definition) is 1. The number of carbonyl (C=O) groups excluding carboxylic acids is 1. The SMILES string of the molecule is CCOc1ccc(C(CNC(=O)c2ccc(Cl)cc2)N2CCOCC2)cc1. The highest BCUT2D eigenvalue weighted by Gasteiger charge is 2.23. The summed E-state index contributed by atoms with van der Waals surface area (Å²) in [5.41, 5.74) is 1.75. The van der Waals surface area contributed by atoms with E-state index in [2.05, 4.69) is 22.3 Å². The third-order valence-electron chi connectivity index (χ3n) is 4.62. The van der Waals surface area contributed by atoms with Gasteiger partial charge in [0.15, 0.2) is 0 Å². The molecule has 1 heterocycles. The van der Waals surface area contributed by atoms with Crippen molar-refractivity contribution >= 4 is 17.5 Å². The largest absolute Gasteiger partial charge is 0.494 e. The molecule has 0 bridgehead atoms. The van der Waals surface area contributed by atoms with E-state index in [1.54, 1.807) is 24.3 Å². The summed E-state index contributed by atoms with van der Waals surface area (Å²) in [7, 11) is 0. The van der Waals surface area contributed by atoms with Crippen molar-refractivity contribution in [3.05, 3.63) is 64.7 Å². The van der Waals surface area contributed by atoms with E-state index < -0.39 is 0 Å². The summed E-state index contributed by atoms with van der Waals surface area (Å²) >= 11 is 5.90. The van der Waals surface area contributed by atoms with Crippen LogP contribution in [-0.4, -0.2) is 50.3 Å². The third-order valence-corrected chi connectivity index (χ3v) is 4.88. The summed E-state index contributed by atoms with van der Waals surface area (Å²) < 4.78 is 11.0. The average Bonchev–Trinajstić information content (AvgIpc) is 2.71. The predicted molar refractivity (Wildman–Crippen MR) is 107 cm³/mol. The highest BCUT2D eigenvalue weighted by Crippen LogP contribution is 2.24. The Kier molecular flexibility index (Phi) is 7.10. The van der Waals surface area contributed by atoms with Crippen molar-refractivity contribution in [3.8, 4) is 5.75 Å². The second-order valence-corrected chi connectivity index (χ2v) is 6.82. The van der Waals surface area contributed by atoms with E-state index in [1.807, 2.05) is 19.1 Å². The van der Waals surface area contributed by atoms with Crippen LogP contribution in [0.15, 0.2) is 48.5 Å². The van der Waals surface area contributed by atoms with E-state index in [9.17, 15) is 4.79 Å². The maximum Gasteiger partial charge on any atom is 0.251 e. The topological polar surface area (TPSA) is 50.8 Å². The van der Waals surface area contributed by atoms with Gasteiger partial charge in [0.25, 0.3) is 5.91 Å². The molecule has 0 saturated carbocycles. The van der Waals surface area contributed by atoms with Crippen molar-refractivity contribution in [2.75, 3.05) is 39.5 Å². The fourth-order valence-corrected chi connectivity index (χ4v) is 3.32. The number of carbonyl (C=O) groups is 1. The van der Waals surface area contributed by atoms with E-state index in [0.717, 1.165) is 24.4 Å². The van der Waals surface area contributed by atoms with Gasteiger partial charge in [-0.3, -0.25) is 9.69 Å². The van der Waals surface area contributed by atoms with Crippen LogP contribution >= 0.6 is 11.6 Å². The van der Waals surface area contributed by atoms with E-state index in [4.69, 9.17) is 21.1 Å². The molecule has 0 spiro atoms. The minimum absolute atomic E-state index is 0.0841. The zero-order chi connectivity index (χ0) is 19.1. The average molecular weight is 389 g/mol. The van der Waals surface area contributed by atoms with Crippen molar-refractivity contribution in [3.63, 3.8) is 0 Å². The molecule has 2 aromatic carbocycles. The molecule has 1 aliphatic heterocycles. The first-order valence-electron chi connectivity index (χ1n) is 9.25. The maximum atomic E-state index is 12.5. The second kappa shape index (κ2) is 9.74. The van der Waals surface area contributed by atoms with Crippen LogP contribution in [0.5, 0.6) is 5.75 Å². The van der Waals surface area contributed by atoms with Gasteiger partial charge in [0.1, 0.15) is 5.75 Å². The van der Waals surface area contributed by atoms with Gasteiger partial charge < -0.3 is 14.8 Å². The van der Waals surface area contributed by atoms with Crippen molar-refractivity contribution < 1.29 is 14.3 Å². The number of morpholine rings is 1. The minimum atomic E-state index is -0.101. The Morgan fingerprint density at radius 2 is 1.81 bits per heavy atom. The molecule has 1 amide bonds. The lowest BCUT2D eigenvalue weighted by atomic mass is 10.0. The summed E-state index contributed by atoms with van der Waals surface area (Å²) in [5, 5.41) is 3.68. The zero-order valence-corrected chi connectivity index (χ0v) is 16.2. The quantitative estimate of drug-likeness (QED) is 0.788. The molecule has 27 heavy (non-hydrogen) atoms. The first kappa shape index (κ1) is 19.7. The molecular weight excluding hydrogens is 364 g/mol. The molecule has 1 atom stereocenters. The van der Waals surface area contributed by atoms with Crippen LogP contribution in [0.2, 0.25) is 5.02 Å². The first-order valence-corrected chi connectivity index (χ1v) is 9.63. The van der Waals surface area contributed by atoms with E-state index in [-0.39, 0.29) is 11.9 Å². The Bertz CT molecular complexity index is 728. The van der Waals surface area contributed by atoms with Crippen LogP contribution in [0, 0.1) is 0 Å². The predicted octanol–water partition coefficient (Wildman–Crippen LogP) is 3.54. The lowest BCUT2D eigenvalue weighted by Gasteiger charge is -2.35. The molecule has 1 unspecified atom stereocenters. The van der Waals surface area contributed by atoms with Crippen LogP contribution < -0.4 is 10.1 Å².